The third-order valence-electron chi connectivity index (χ3n) is 10.0. The number of ether oxygens (including phenoxy) is 2. The maximum Gasteiger partial charge on any atom is 0.306 e. The minimum atomic E-state index is -4.69. The lowest BCUT2D eigenvalue weighted by Crippen LogP contribution is -2.37. The number of unbranched alkanes of at least 4 members (excludes halogenated alkanes) is 7. The van der Waals surface area contributed by atoms with Crippen LogP contribution in [0.1, 0.15) is 146 Å². The summed E-state index contributed by atoms with van der Waals surface area (Å²) in [5, 5.41) is 10.3. The fourth-order valence-corrected chi connectivity index (χ4v) is 6.89. The van der Waals surface area contributed by atoms with Gasteiger partial charge in [0, 0.05) is 25.7 Å². The Morgan fingerprint density at radius 3 is 1.95 bits per heavy atom. The molecule has 1 N–H and O–H groups in total. The van der Waals surface area contributed by atoms with Crippen LogP contribution in [0.4, 0.5) is 0 Å². The number of nitrogens with zero attached hydrogens (tertiary/aromatic N) is 1. The second-order valence-electron chi connectivity index (χ2n) is 16.8. The second-order valence-corrected chi connectivity index (χ2v) is 18.2. The molecule has 1 rings (SSSR count). The van der Waals surface area contributed by atoms with E-state index in [2.05, 4.69) is 64.2 Å². The Balaban J connectivity index is 2.43. The first kappa shape index (κ1) is 56.7. The highest BCUT2D eigenvalue weighted by molar-refractivity contribution is 7.45. The molecule has 0 saturated heterocycles. The van der Waals surface area contributed by atoms with Gasteiger partial charge in [-0.05, 0) is 82.8 Å². The van der Waals surface area contributed by atoms with Gasteiger partial charge in [0.15, 0.2) is 6.10 Å². The summed E-state index contributed by atoms with van der Waals surface area (Å²) in [6.45, 7) is 8.10. The van der Waals surface area contributed by atoms with Crippen LogP contribution in [0.5, 0.6) is 0 Å². The molecule has 0 fully saturated rings. The number of hydrogen-bond donors (Lipinski definition) is 1. The molecule has 1 heterocycles. The molecule has 1 aromatic heterocycles. The summed E-state index contributed by atoms with van der Waals surface area (Å²) in [5.74, 6) is 1.23. The molecule has 62 heavy (non-hydrogen) atoms. The van der Waals surface area contributed by atoms with E-state index in [4.69, 9.17) is 22.9 Å². The zero-order chi connectivity index (χ0) is 45.9. The maximum atomic E-state index is 12.7. The quantitative estimate of drug-likeness (QED) is 0.0171. The maximum absolute atomic E-state index is 12.7. The average Bonchev–Trinajstić information content (AvgIpc) is 3.48. The molecule has 0 aromatic carbocycles. The van der Waals surface area contributed by atoms with Crippen LogP contribution in [-0.2, 0) is 45.5 Å². The largest absolute Gasteiger partial charge is 0.756 e. The van der Waals surface area contributed by atoms with Crippen molar-refractivity contribution in [3.63, 3.8) is 0 Å². The van der Waals surface area contributed by atoms with Crippen molar-refractivity contribution < 1.29 is 51.6 Å². The first-order chi connectivity index (χ1) is 29.7. The highest BCUT2D eigenvalue weighted by atomic mass is 31.2. The fourth-order valence-electron chi connectivity index (χ4n) is 6.16. The van der Waals surface area contributed by atoms with Crippen molar-refractivity contribution in [3.05, 3.63) is 95.6 Å². The van der Waals surface area contributed by atoms with Crippen molar-refractivity contribution >= 4 is 19.8 Å². The number of allylic oxidation sites excluding steroid dienone is 10. The van der Waals surface area contributed by atoms with Gasteiger partial charge in [-0.15, -0.1) is 0 Å². The van der Waals surface area contributed by atoms with Crippen LogP contribution < -0.4 is 4.89 Å². The van der Waals surface area contributed by atoms with Crippen LogP contribution in [0, 0.1) is 13.8 Å². The summed E-state index contributed by atoms with van der Waals surface area (Å²) in [6, 6.07) is 0. The number of aliphatic hydroxyl groups excluding tert-OH is 1. The van der Waals surface area contributed by atoms with Crippen LogP contribution in [0.2, 0.25) is 0 Å². The Bertz CT molecular complexity index is 1580. The molecule has 0 aliphatic rings. The summed E-state index contributed by atoms with van der Waals surface area (Å²) < 4.78 is 39.9. The minimum absolute atomic E-state index is 0.00705. The van der Waals surface area contributed by atoms with E-state index in [0.717, 1.165) is 88.6 Å². The van der Waals surface area contributed by atoms with Gasteiger partial charge in [0.1, 0.15) is 31.3 Å². The number of furan rings is 1. The summed E-state index contributed by atoms with van der Waals surface area (Å²) >= 11 is 0. The molecule has 0 radical (unpaired) electrons. The Labute approximate surface area is 375 Å². The van der Waals surface area contributed by atoms with E-state index in [0.29, 0.717) is 30.3 Å². The highest BCUT2D eigenvalue weighted by Gasteiger charge is 2.22. The van der Waals surface area contributed by atoms with Crippen LogP contribution in [0.3, 0.4) is 0 Å². The van der Waals surface area contributed by atoms with Crippen LogP contribution in [0.15, 0.2) is 77.3 Å². The molecular weight excluding hydrogens is 806 g/mol. The Morgan fingerprint density at radius 2 is 1.32 bits per heavy atom. The van der Waals surface area contributed by atoms with E-state index >= 15 is 0 Å². The van der Waals surface area contributed by atoms with Crippen LogP contribution in [0.25, 0.3) is 0 Å². The van der Waals surface area contributed by atoms with E-state index in [1.165, 1.54) is 24.0 Å². The fraction of sp³-hybridized carbons (Fsp3) is 0.640. The zero-order valence-corrected chi connectivity index (χ0v) is 40.3. The summed E-state index contributed by atoms with van der Waals surface area (Å²) in [6.07, 6.45) is 38.2. The molecule has 2 unspecified atom stereocenters. The monoisotopic (exact) mass is 888 g/mol. The normalized spacial score (nSPS) is 14.7. The number of quaternary nitrogens is 1. The molecule has 12 heteroatoms. The Hall–Kier alpha value is -3.31. The first-order valence-corrected chi connectivity index (χ1v) is 24.6. The predicted molar refractivity (Wildman–Crippen MR) is 250 cm³/mol. The standard InChI is InChI=1S/C50H82NO10P/c1-8-10-11-12-13-14-15-16-17-18-21-24-28-34-45(52)35-29-27-32-38-50(54)60-46(42-59-62(55,56)58-40-39-51(5,6)7)41-57-49(53)37-31-26-23-20-19-22-25-30-36-48-44(4)43(3)47(61-48)33-9-2/h10-11,13-14,16-17,21,24,27-29,34,45-46,52H,8-9,12,15,18-20,22-23,25-26,30-33,35-42H2,1-7H3/b11-10-,14-13-,17-16-,24-21-,29-27-,34-28-/t45?,46-/m1/s1. The van der Waals surface area contributed by atoms with Crippen LogP contribution in [-0.4, -0.2) is 81.2 Å². The number of aryl methyl sites for hydroxylation is 2. The summed E-state index contributed by atoms with van der Waals surface area (Å²) in [5.41, 5.74) is 2.61. The van der Waals surface area contributed by atoms with Crippen molar-refractivity contribution in [1.82, 2.24) is 0 Å². The lowest BCUT2D eigenvalue weighted by molar-refractivity contribution is -0.870. The Morgan fingerprint density at radius 1 is 0.726 bits per heavy atom. The topological polar surface area (TPSA) is 145 Å². The number of aliphatic hydroxyl groups is 1. The first-order valence-electron chi connectivity index (χ1n) is 23.1. The number of esters is 2. The van der Waals surface area contributed by atoms with E-state index in [1.54, 1.807) is 18.2 Å². The molecule has 3 atom stereocenters. The van der Waals surface area contributed by atoms with Gasteiger partial charge >= 0.3 is 11.9 Å². The van der Waals surface area contributed by atoms with Gasteiger partial charge < -0.3 is 37.4 Å². The lowest BCUT2D eigenvalue weighted by atomic mass is 10.0. The van der Waals surface area contributed by atoms with Gasteiger partial charge in [-0.1, -0.05) is 125 Å². The lowest BCUT2D eigenvalue weighted by Gasteiger charge is -2.28. The molecule has 0 saturated carbocycles. The van der Waals surface area contributed by atoms with E-state index in [1.807, 2.05) is 39.4 Å². The zero-order valence-electron chi connectivity index (χ0n) is 39.4. The van der Waals surface area contributed by atoms with Gasteiger partial charge in [-0.2, -0.15) is 0 Å². The number of carbonyl (C=O) groups is 2. The smallest absolute Gasteiger partial charge is 0.306 e. The summed E-state index contributed by atoms with van der Waals surface area (Å²) in [4.78, 5) is 37.7. The van der Waals surface area contributed by atoms with Gasteiger partial charge in [-0.3, -0.25) is 14.2 Å². The molecular formula is C50H82NO10P. The summed E-state index contributed by atoms with van der Waals surface area (Å²) in [7, 11) is 1.02. The minimum Gasteiger partial charge on any atom is -0.756 e. The number of rotatable bonds is 37. The second kappa shape index (κ2) is 35.1. The van der Waals surface area contributed by atoms with Crippen molar-refractivity contribution in [2.24, 2.45) is 0 Å². The molecule has 11 nitrogen and oxygen atoms in total. The van der Waals surface area contributed by atoms with Crippen molar-refractivity contribution in [2.45, 2.75) is 162 Å². The van der Waals surface area contributed by atoms with Gasteiger partial charge in [-0.25, -0.2) is 0 Å². The number of carbonyl (C=O) groups excluding carboxylic acids is 2. The van der Waals surface area contributed by atoms with Crippen molar-refractivity contribution in [3.8, 4) is 0 Å². The molecule has 352 valence electrons. The molecule has 0 amide bonds. The molecule has 1 aromatic rings. The molecule has 0 spiro atoms. The average molecular weight is 888 g/mol. The number of likely N-dealkylation sites (N-methyl/N-ethyl adjacent to an activating group) is 1. The van der Waals surface area contributed by atoms with Gasteiger partial charge in [0.2, 0.25) is 0 Å². The number of phosphoric acid groups is 1. The van der Waals surface area contributed by atoms with Crippen molar-refractivity contribution in [2.75, 3.05) is 47.5 Å². The molecule has 0 aliphatic carbocycles. The van der Waals surface area contributed by atoms with E-state index in [9.17, 15) is 24.2 Å². The third-order valence-corrected chi connectivity index (χ3v) is 11.0. The molecule has 0 aliphatic heterocycles. The highest BCUT2D eigenvalue weighted by Crippen LogP contribution is 2.38. The van der Waals surface area contributed by atoms with Gasteiger partial charge in [0.05, 0.1) is 33.9 Å². The Kier molecular flexibility index (Phi) is 32.1. The predicted octanol–water partition coefficient (Wildman–Crippen LogP) is 11.0. The van der Waals surface area contributed by atoms with E-state index < -0.39 is 38.6 Å². The van der Waals surface area contributed by atoms with Crippen molar-refractivity contribution in [1.29, 1.82) is 0 Å². The van der Waals surface area contributed by atoms with E-state index in [-0.39, 0.29) is 26.1 Å². The number of hydrogen-bond acceptors (Lipinski definition) is 10. The van der Waals surface area contributed by atoms with Crippen LogP contribution >= 0.6 is 7.82 Å². The number of phosphoric ester groups is 1. The third kappa shape index (κ3) is 31.5. The SMILES string of the molecule is CC/C=C\C/C=C\C/C=C\C/C=C\C=C/C(O)C/C=C\CCC(=O)O[C@H](COC(=O)CCCCCCCCCCc1oc(CCC)c(C)c1C)COP(=O)([O-])OCC[N+](C)(C)C. The van der Waals surface area contributed by atoms with Gasteiger partial charge in [0.25, 0.3) is 7.82 Å². The molecule has 0 bridgehead atoms.